The molecule has 0 spiro atoms. The van der Waals surface area contributed by atoms with Crippen molar-refractivity contribution in [3.63, 3.8) is 0 Å². The van der Waals surface area contributed by atoms with Gasteiger partial charge in [0.05, 0.1) is 6.10 Å². The Morgan fingerprint density at radius 3 is 2.65 bits per heavy atom. The number of hydrogen-bond acceptors (Lipinski definition) is 2. The first kappa shape index (κ1) is 16.0. The van der Waals surface area contributed by atoms with Gasteiger partial charge in [-0.2, -0.15) is 0 Å². The van der Waals surface area contributed by atoms with E-state index in [1.54, 1.807) is 0 Å². The monoisotopic (exact) mass is 339 g/mol. The van der Waals surface area contributed by atoms with Crippen LogP contribution in [0.5, 0.6) is 0 Å². The third-order valence-electron chi connectivity index (χ3n) is 4.50. The Kier molecular flexibility index (Phi) is 6.53. The van der Waals surface area contributed by atoms with Gasteiger partial charge in [-0.1, -0.05) is 47.3 Å². The van der Waals surface area contributed by atoms with Crippen molar-refractivity contribution in [3.05, 3.63) is 34.3 Å². The molecule has 0 bridgehead atoms. The van der Waals surface area contributed by atoms with Gasteiger partial charge >= 0.3 is 0 Å². The summed E-state index contributed by atoms with van der Waals surface area (Å²) in [4.78, 5) is 0. The maximum atomic E-state index is 5.87. The molecule has 1 fully saturated rings. The van der Waals surface area contributed by atoms with Gasteiger partial charge in [-0.05, 0) is 49.9 Å². The van der Waals surface area contributed by atoms with Crippen LogP contribution in [0, 0.1) is 5.92 Å². The third-order valence-corrected chi connectivity index (χ3v) is 4.99. The number of nitrogens with one attached hydrogen (secondary N) is 1. The lowest BCUT2D eigenvalue weighted by molar-refractivity contribution is 0.0101. The lowest BCUT2D eigenvalue weighted by Gasteiger charge is -2.35. The van der Waals surface area contributed by atoms with E-state index in [-0.39, 0.29) is 0 Å². The molecule has 20 heavy (non-hydrogen) atoms. The van der Waals surface area contributed by atoms with Crippen LogP contribution in [0.2, 0.25) is 0 Å². The summed E-state index contributed by atoms with van der Waals surface area (Å²) >= 11 is 3.55. The topological polar surface area (TPSA) is 21.3 Å². The van der Waals surface area contributed by atoms with E-state index in [4.69, 9.17) is 4.74 Å². The van der Waals surface area contributed by atoms with Crippen LogP contribution in [-0.4, -0.2) is 26.3 Å². The van der Waals surface area contributed by atoms with E-state index in [2.05, 4.69) is 52.6 Å². The molecule has 1 aliphatic rings. The van der Waals surface area contributed by atoms with Crippen molar-refractivity contribution < 1.29 is 4.74 Å². The summed E-state index contributed by atoms with van der Waals surface area (Å²) in [5.41, 5.74) is 1.36. The van der Waals surface area contributed by atoms with Crippen LogP contribution in [0.4, 0.5) is 0 Å². The van der Waals surface area contributed by atoms with Crippen LogP contribution < -0.4 is 5.32 Å². The molecular weight excluding hydrogens is 314 g/mol. The van der Waals surface area contributed by atoms with E-state index < -0.39 is 0 Å². The highest BCUT2D eigenvalue weighted by Gasteiger charge is 2.29. The first-order chi connectivity index (χ1) is 9.74. The lowest BCUT2D eigenvalue weighted by Crippen LogP contribution is -2.45. The normalized spacial score (nSPS) is 19.8. The molecule has 3 heteroatoms. The Balaban J connectivity index is 2.04. The number of rotatable bonds is 6. The van der Waals surface area contributed by atoms with Crippen molar-refractivity contribution in [2.45, 2.75) is 50.7 Å². The molecule has 0 saturated heterocycles. The highest BCUT2D eigenvalue weighted by atomic mass is 79.9. The number of likely N-dealkylation sites (N-methyl/N-ethyl adjacent to an activating group) is 1. The second kappa shape index (κ2) is 8.16. The molecule has 0 aliphatic heterocycles. The van der Waals surface area contributed by atoms with Gasteiger partial charge < -0.3 is 10.1 Å². The highest BCUT2D eigenvalue weighted by molar-refractivity contribution is 9.10. The summed E-state index contributed by atoms with van der Waals surface area (Å²) in [5.74, 6) is 0.707. The van der Waals surface area contributed by atoms with Crippen molar-refractivity contribution >= 4 is 15.9 Å². The number of benzene rings is 1. The SMILES string of the molecule is CNC(Cc1cccc(Br)c1)C(OC)C1CCCCC1. The number of methoxy groups -OCH3 is 1. The van der Waals surface area contributed by atoms with E-state index in [1.807, 2.05) is 7.11 Å². The molecule has 1 aliphatic carbocycles. The average Bonchev–Trinajstić information content (AvgIpc) is 2.48. The van der Waals surface area contributed by atoms with E-state index in [0.717, 1.165) is 10.9 Å². The molecule has 112 valence electrons. The van der Waals surface area contributed by atoms with E-state index in [9.17, 15) is 0 Å². The van der Waals surface area contributed by atoms with Crippen molar-refractivity contribution in [1.29, 1.82) is 0 Å². The summed E-state index contributed by atoms with van der Waals surface area (Å²) in [7, 11) is 3.92. The molecule has 1 N–H and O–H groups in total. The van der Waals surface area contributed by atoms with Gasteiger partial charge in [0.2, 0.25) is 0 Å². The van der Waals surface area contributed by atoms with Crippen LogP contribution in [0.25, 0.3) is 0 Å². The molecule has 0 aromatic heterocycles. The van der Waals surface area contributed by atoms with E-state index in [1.165, 1.54) is 37.7 Å². The van der Waals surface area contributed by atoms with E-state index in [0.29, 0.717) is 18.1 Å². The standard InChI is InChI=1S/C17H26BrNO/c1-19-16(12-13-7-6-10-15(18)11-13)17(20-2)14-8-4-3-5-9-14/h6-7,10-11,14,16-17,19H,3-5,8-9,12H2,1-2H3. The fraction of sp³-hybridized carbons (Fsp3) is 0.647. The lowest BCUT2D eigenvalue weighted by atomic mass is 9.81. The zero-order valence-electron chi connectivity index (χ0n) is 12.6. The third kappa shape index (κ3) is 4.31. The maximum Gasteiger partial charge on any atom is 0.0755 e. The van der Waals surface area contributed by atoms with E-state index >= 15 is 0 Å². The van der Waals surface area contributed by atoms with Crippen LogP contribution in [0.1, 0.15) is 37.7 Å². The molecule has 2 atom stereocenters. The van der Waals surface area contributed by atoms with Gasteiger partial charge in [-0.3, -0.25) is 0 Å². The average molecular weight is 340 g/mol. The minimum Gasteiger partial charge on any atom is -0.380 e. The number of hydrogen-bond donors (Lipinski definition) is 1. The number of halogens is 1. The van der Waals surface area contributed by atoms with Crippen LogP contribution in [-0.2, 0) is 11.2 Å². The summed E-state index contributed by atoms with van der Waals surface area (Å²) < 4.78 is 7.02. The molecule has 0 radical (unpaired) electrons. The molecule has 1 aromatic carbocycles. The molecule has 2 unspecified atom stereocenters. The minimum atomic E-state index is 0.319. The fourth-order valence-corrected chi connectivity index (χ4v) is 3.89. The molecule has 1 aromatic rings. The van der Waals surface area contributed by atoms with Gasteiger partial charge in [-0.15, -0.1) is 0 Å². The largest absolute Gasteiger partial charge is 0.380 e. The van der Waals surface area contributed by atoms with Crippen LogP contribution in [0.15, 0.2) is 28.7 Å². The second-order valence-corrected chi connectivity index (χ2v) is 6.74. The van der Waals surface area contributed by atoms with Crippen molar-refractivity contribution in [3.8, 4) is 0 Å². The Morgan fingerprint density at radius 1 is 1.30 bits per heavy atom. The maximum absolute atomic E-state index is 5.87. The molecule has 0 amide bonds. The first-order valence-corrected chi connectivity index (χ1v) is 8.48. The molecule has 1 saturated carbocycles. The Labute approximate surface area is 131 Å². The fourth-order valence-electron chi connectivity index (χ4n) is 3.45. The molecule has 0 heterocycles. The van der Waals surface area contributed by atoms with Crippen molar-refractivity contribution in [1.82, 2.24) is 5.32 Å². The molecule has 2 nitrogen and oxygen atoms in total. The molecule has 2 rings (SSSR count). The molecular formula is C17H26BrNO. The summed E-state index contributed by atoms with van der Waals surface area (Å²) in [6, 6.07) is 8.97. The van der Waals surface area contributed by atoms with Gasteiger partial charge in [0.25, 0.3) is 0 Å². The number of ether oxygens (including phenoxy) is 1. The predicted molar refractivity (Wildman–Crippen MR) is 88.1 cm³/mol. The van der Waals surface area contributed by atoms with Crippen molar-refractivity contribution in [2.24, 2.45) is 5.92 Å². The summed E-state index contributed by atoms with van der Waals surface area (Å²) in [6.07, 6.45) is 8.08. The van der Waals surface area contributed by atoms with Gasteiger partial charge in [0.1, 0.15) is 0 Å². The zero-order valence-corrected chi connectivity index (χ0v) is 14.2. The zero-order chi connectivity index (χ0) is 14.4. The second-order valence-electron chi connectivity index (χ2n) is 5.83. The smallest absolute Gasteiger partial charge is 0.0755 e. The Morgan fingerprint density at radius 2 is 2.05 bits per heavy atom. The first-order valence-electron chi connectivity index (χ1n) is 7.69. The van der Waals surface area contributed by atoms with Gasteiger partial charge in [0, 0.05) is 17.6 Å². The Bertz CT molecular complexity index is 404. The predicted octanol–water partition coefficient (Wildman–Crippen LogP) is 4.17. The van der Waals surface area contributed by atoms with Crippen molar-refractivity contribution in [2.75, 3.05) is 14.2 Å². The summed E-state index contributed by atoms with van der Waals surface area (Å²) in [6.45, 7) is 0. The Hall–Kier alpha value is -0.380. The van der Waals surface area contributed by atoms with Gasteiger partial charge in [-0.25, -0.2) is 0 Å². The minimum absolute atomic E-state index is 0.319. The summed E-state index contributed by atoms with van der Waals surface area (Å²) in [5, 5.41) is 3.48. The quantitative estimate of drug-likeness (QED) is 0.839. The highest BCUT2D eigenvalue weighted by Crippen LogP contribution is 2.30. The van der Waals surface area contributed by atoms with Crippen LogP contribution >= 0.6 is 15.9 Å². The van der Waals surface area contributed by atoms with Crippen LogP contribution in [0.3, 0.4) is 0 Å². The van der Waals surface area contributed by atoms with Gasteiger partial charge in [0.15, 0.2) is 0 Å².